The predicted octanol–water partition coefficient (Wildman–Crippen LogP) is 4.53. The second-order valence-electron chi connectivity index (χ2n) is 8.43. The molecule has 172 valence electrons. The first-order valence-electron chi connectivity index (χ1n) is 10.9. The average Bonchev–Trinajstić information content (AvgIpc) is 3.53. The predicted molar refractivity (Wildman–Crippen MR) is 129 cm³/mol. The number of ketones is 2. The number of piperidine rings is 1. The molecule has 2 unspecified atom stereocenters. The normalized spacial score (nSPS) is 21.2. The number of aromatic nitrogens is 2. The number of likely N-dealkylation sites (tertiary alicyclic amines) is 1. The fourth-order valence-electron chi connectivity index (χ4n) is 4.10. The van der Waals surface area contributed by atoms with Crippen molar-refractivity contribution in [1.82, 2.24) is 14.7 Å². The Hall–Kier alpha value is -1.96. The molecule has 2 fully saturated rings. The molecule has 8 heteroatoms. The average molecular weight is 478 g/mol. The summed E-state index contributed by atoms with van der Waals surface area (Å²) in [6.07, 6.45) is 6.82. The monoisotopic (exact) mass is 477 g/mol. The number of hydrogen-bond donors (Lipinski definition) is 1. The summed E-state index contributed by atoms with van der Waals surface area (Å²) in [6.45, 7) is 3.32. The van der Waals surface area contributed by atoms with Crippen LogP contribution in [0.2, 0.25) is 0 Å². The van der Waals surface area contributed by atoms with E-state index >= 15 is 0 Å². The van der Waals surface area contributed by atoms with Crippen molar-refractivity contribution in [3.8, 4) is 0 Å². The van der Waals surface area contributed by atoms with Crippen LogP contribution in [0.15, 0.2) is 42.1 Å². The molecule has 2 atom stereocenters. The fraction of sp³-hybridized carbons (Fsp3) is 0.458. The SMILES string of the molecule is CCC(=O)Cn1ccc(/C=C2/CN(C(C(=O)C3CC3)c3ccccc3F)CCC2S)n1.Cl. The minimum absolute atomic E-state index is 0. The summed E-state index contributed by atoms with van der Waals surface area (Å²) in [7, 11) is 0. The molecule has 5 nitrogen and oxygen atoms in total. The standard InChI is InChI=1S/C24H28FN3O2S.ClH/c1-2-19(29)15-28-12-9-18(26-28)13-17-14-27(11-10-22(17)31)23(24(30)16-7-8-16)20-5-3-4-6-21(20)25;/h3-6,9,12-13,16,22-23,31H,2,7-8,10-11,14-15H2,1H3;1H/b17-13-;. The second-order valence-corrected chi connectivity index (χ2v) is 9.05. The van der Waals surface area contributed by atoms with Gasteiger partial charge in [-0.1, -0.05) is 25.1 Å². The van der Waals surface area contributed by atoms with Crippen LogP contribution in [0, 0.1) is 11.7 Å². The summed E-state index contributed by atoms with van der Waals surface area (Å²) in [5.74, 6) is -0.0501. The summed E-state index contributed by atoms with van der Waals surface area (Å²) in [5.41, 5.74) is 2.26. The molecular formula is C24H29ClFN3O2S. The summed E-state index contributed by atoms with van der Waals surface area (Å²) in [6, 6.07) is 7.90. The van der Waals surface area contributed by atoms with Crippen LogP contribution in [0.4, 0.5) is 4.39 Å². The van der Waals surface area contributed by atoms with E-state index in [1.165, 1.54) is 6.07 Å². The van der Waals surface area contributed by atoms with E-state index < -0.39 is 6.04 Å². The zero-order valence-corrected chi connectivity index (χ0v) is 19.8. The lowest BCUT2D eigenvalue weighted by Crippen LogP contribution is -2.42. The number of rotatable bonds is 8. The molecule has 2 heterocycles. The van der Waals surface area contributed by atoms with Gasteiger partial charge in [-0.3, -0.25) is 19.2 Å². The van der Waals surface area contributed by atoms with Crippen molar-refractivity contribution in [2.75, 3.05) is 13.1 Å². The molecule has 1 saturated heterocycles. The lowest BCUT2D eigenvalue weighted by atomic mass is 9.93. The van der Waals surface area contributed by atoms with Gasteiger partial charge in [0.05, 0.1) is 18.3 Å². The van der Waals surface area contributed by atoms with Gasteiger partial charge < -0.3 is 0 Å². The van der Waals surface area contributed by atoms with Crippen molar-refractivity contribution >= 4 is 42.7 Å². The molecule has 1 saturated carbocycles. The van der Waals surface area contributed by atoms with E-state index in [9.17, 15) is 14.0 Å². The number of carbonyl (C=O) groups is 2. The Kier molecular flexibility index (Phi) is 8.31. The maximum atomic E-state index is 14.6. The lowest BCUT2D eigenvalue weighted by Gasteiger charge is -2.37. The van der Waals surface area contributed by atoms with E-state index in [-0.39, 0.29) is 47.5 Å². The number of benzene rings is 1. The molecule has 0 amide bonds. The van der Waals surface area contributed by atoms with Gasteiger partial charge in [-0.05, 0) is 43.0 Å². The van der Waals surface area contributed by atoms with Crippen LogP contribution in [0.1, 0.15) is 49.9 Å². The third-order valence-electron chi connectivity index (χ3n) is 6.04. The maximum absolute atomic E-state index is 14.6. The molecule has 1 aliphatic carbocycles. The molecule has 0 N–H and O–H groups in total. The summed E-state index contributed by atoms with van der Waals surface area (Å²) >= 11 is 4.74. The molecule has 1 aliphatic heterocycles. The minimum Gasteiger partial charge on any atom is -0.298 e. The van der Waals surface area contributed by atoms with Crippen molar-refractivity contribution < 1.29 is 14.0 Å². The topological polar surface area (TPSA) is 55.2 Å². The first-order valence-corrected chi connectivity index (χ1v) is 11.4. The van der Waals surface area contributed by atoms with Crippen molar-refractivity contribution in [1.29, 1.82) is 0 Å². The van der Waals surface area contributed by atoms with Crippen LogP contribution < -0.4 is 0 Å². The molecule has 4 rings (SSSR count). The first kappa shape index (κ1) is 24.7. The highest BCUT2D eigenvalue weighted by atomic mass is 35.5. The van der Waals surface area contributed by atoms with Gasteiger partial charge in [0.15, 0.2) is 11.6 Å². The number of halogens is 2. The molecule has 0 bridgehead atoms. The van der Waals surface area contributed by atoms with Gasteiger partial charge in [-0.15, -0.1) is 12.4 Å². The van der Waals surface area contributed by atoms with E-state index in [1.54, 1.807) is 29.1 Å². The molecule has 2 aliphatic rings. The van der Waals surface area contributed by atoms with E-state index in [0.29, 0.717) is 25.1 Å². The van der Waals surface area contributed by atoms with Crippen LogP contribution in [-0.2, 0) is 16.1 Å². The van der Waals surface area contributed by atoms with Crippen LogP contribution in [0.3, 0.4) is 0 Å². The van der Waals surface area contributed by atoms with Gasteiger partial charge in [0.1, 0.15) is 5.82 Å². The molecule has 0 spiro atoms. The largest absolute Gasteiger partial charge is 0.298 e. The zero-order chi connectivity index (χ0) is 22.0. The molecule has 32 heavy (non-hydrogen) atoms. The number of thiol groups is 1. The number of nitrogens with zero attached hydrogens (tertiary/aromatic N) is 3. The van der Waals surface area contributed by atoms with E-state index in [0.717, 1.165) is 30.5 Å². The Bertz CT molecular complexity index is 1000. The molecule has 2 aromatic rings. The van der Waals surface area contributed by atoms with Crippen LogP contribution in [-0.4, -0.2) is 44.6 Å². The lowest BCUT2D eigenvalue weighted by molar-refractivity contribution is -0.126. The summed E-state index contributed by atoms with van der Waals surface area (Å²) < 4.78 is 16.3. The Balaban J connectivity index is 0.00000289. The van der Waals surface area contributed by atoms with Crippen LogP contribution >= 0.6 is 25.0 Å². The Morgan fingerprint density at radius 1 is 1.25 bits per heavy atom. The highest BCUT2D eigenvalue weighted by Gasteiger charge is 2.40. The Morgan fingerprint density at radius 2 is 2.00 bits per heavy atom. The number of hydrogen-bond acceptors (Lipinski definition) is 5. The van der Waals surface area contributed by atoms with Gasteiger partial charge in [-0.25, -0.2) is 4.39 Å². The van der Waals surface area contributed by atoms with Crippen LogP contribution in [0.5, 0.6) is 0 Å². The third-order valence-corrected chi connectivity index (χ3v) is 6.63. The van der Waals surface area contributed by atoms with E-state index in [1.807, 2.05) is 19.1 Å². The minimum atomic E-state index is -0.572. The molecule has 1 aromatic carbocycles. The highest BCUT2D eigenvalue weighted by molar-refractivity contribution is 7.81. The number of carbonyl (C=O) groups excluding carboxylic acids is 2. The van der Waals surface area contributed by atoms with Crippen molar-refractivity contribution in [2.45, 2.75) is 50.4 Å². The second kappa shape index (κ2) is 10.8. The van der Waals surface area contributed by atoms with Gasteiger partial charge in [0, 0.05) is 42.4 Å². The van der Waals surface area contributed by atoms with Crippen LogP contribution in [0.25, 0.3) is 6.08 Å². The first-order chi connectivity index (χ1) is 15.0. The van der Waals surface area contributed by atoms with E-state index in [4.69, 9.17) is 12.6 Å². The fourth-order valence-corrected chi connectivity index (χ4v) is 4.37. The Morgan fingerprint density at radius 3 is 2.69 bits per heavy atom. The Labute approximate surface area is 199 Å². The highest BCUT2D eigenvalue weighted by Crippen LogP contribution is 2.39. The van der Waals surface area contributed by atoms with Gasteiger partial charge in [0.2, 0.25) is 0 Å². The van der Waals surface area contributed by atoms with Crippen molar-refractivity contribution in [3.63, 3.8) is 0 Å². The molecule has 0 radical (unpaired) electrons. The van der Waals surface area contributed by atoms with E-state index in [2.05, 4.69) is 10.00 Å². The quantitative estimate of drug-likeness (QED) is 0.567. The van der Waals surface area contributed by atoms with Crippen molar-refractivity contribution in [2.24, 2.45) is 5.92 Å². The van der Waals surface area contributed by atoms with Gasteiger partial charge in [-0.2, -0.15) is 17.7 Å². The third kappa shape index (κ3) is 5.69. The van der Waals surface area contributed by atoms with Gasteiger partial charge >= 0.3 is 0 Å². The molecular weight excluding hydrogens is 449 g/mol. The number of Topliss-reactive ketones (excluding diaryl/α,β-unsaturated/α-hetero) is 2. The summed E-state index contributed by atoms with van der Waals surface area (Å²) in [4.78, 5) is 26.9. The van der Waals surface area contributed by atoms with Crippen molar-refractivity contribution in [3.05, 3.63) is 59.2 Å². The zero-order valence-electron chi connectivity index (χ0n) is 18.1. The van der Waals surface area contributed by atoms with Gasteiger partial charge in [0.25, 0.3) is 0 Å². The molecule has 1 aromatic heterocycles. The smallest absolute Gasteiger partial charge is 0.157 e. The maximum Gasteiger partial charge on any atom is 0.157 e. The summed E-state index contributed by atoms with van der Waals surface area (Å²) in [5, 5.41) is 4.53.